The zero-order chi connectivity index (χ0) is 28.3. The van der Waals surface area contributed by atoms with Crippen molar-refractivity contribution >= 4 is 12.3 Å². The van der Waals surface area contributed by atoms with E-state index >= 15 is 0 Å². The Morgan fingerprint density at radius 3 is 1.85 bits per heavy atom. The summed E-state index contributed by atoms with van der Waals surface area (Å²) in [6.07, 6.45) is 2.63. The van der Waals surface area contributed by atoms with Crippen molar-refractivity contribution < 1.29 is 33.3 Å². The van der Waals surface area contributed by atoms with Crippen LogP contribution in [0.1, 0.15) is 30.4 Å². The molecule has 3 rings (SSSR count). The molecule has 1 aliphatic rings. The standard InChI is InChI=1S/C29H41N3O7/c1-35-12-6-9-32(28(34)30-19-22-13-24(36-2)17-25(14-22)37-3)29(21-33)7-10-31(11-8-29)20-23-15-26(38-4)18-27(16-23)39-5/h13-18,21H,6-12,19-20H2,1-5H3,(H,30,34). The number of rotatable bonds is 14. The van der Waals surface area contributed by atoms with E-state index in [9.17, 15) is 9.59 Å². The van der Waals surface area contributed by atoms with Crippen LogP contribution in [0, 0.1) is 0 Å². The summed E-state index contributed by atoms with van der Waals surface area (Å²) in [6.45, 7) is 3.20. The zero-order valence-electron chi connectivity index (χ0n) is 23.7. The van der Waals surface area contributed by atoms with Crippen molar-refractivity contribution in [1.82, 2.24) is 15.1 Å². The topological polar surface area (TPSA) is 98.8 Å². The van der Waals surface area contributed by atoms with Gasteiger partial charge in [0.05, 0.1) is 28.4 Å². The monoisotopic (exact) mass is 543 g/mol. The molecule has 10 nitrogen and oxygen atoms in total. The lowest BCUT2D eigenvalue weighted by molar-refractivity contribution is -0.120. The molecule has 2 amide bonds. The fraction of sp³-hybridized carbons (Fsp3) is 0.517. The second kappa shape index (κ2) is 14.6. The maximum Gasteiger partial charge on any atom is 0.318 e. The summed E-state index contributed by atoms with van der Waals surface area (Å²) in [5, 5.41) is 3.00. The van der Waals surface area contributed by atoms with Crippen molar-refractivity contribution in [2.24, 2.45) is 0 Å². The molecule has 0 bridgehead atoms. The fourth-order valence-corrected chi connectivity index (χ4v) is 4.90. The van der Waals surface area contributed by atoms with Gasteiger partial charge >= 0.3 is 6.03 Å². The highest BCUT2D eigenvalue weighted by Gasteiger charge is 2.42. The Balaban J connectivity index is 1.71. The third-order valence-corrected chi connectivity index (χ3v) is 7.13. The lowest BCUT2D eigenvalue weighted by Gasteiger charge is -2.45. The molecule has 2 aromatic rings. The Kier molecular flexibility index (Phi) is 11.2. The Labute approximate surface area is 231 Å². The molecule has 0 atom stereocenters. The van der Waals surface area contributed by atoms with Crippen LogP contribution in [0.25, 0.3) is 0 Å². The van der Waals surface area contributed by atoms with E-state index in [1.165, 1.54) is 0 Å². The van der Waals surface area contributed by atoms with E-state index in [0.29, 0.717) is 63.5 Å². The number of nitrogens with one attached hydrogen (secondary N) is 1. The molecule has 0 saturated carbocycles. The van der Waals surface area contributed by atoms with Crippen molar-refractivity contribution in [3.63, 3.8) is 0 Å². The number of benzene rings is 2. The summed E-state index contributed by atoms with van der Waals surface area (Å²) in [5.41, 5.74) is 1.00. The molecule has 1 aliphatic heterocycles. The van der Waals surface area contributed by atoms with Crippen LogP contribution in [-0.2, 0) is 22.6 Å². The summed E-state index contributed by atoms with van der Waals surface area (Å²) in [6, 6.07) is 11.0. The van der Waals surface area contributed by atoms with E-state index in [2.05, 4.69) is 10.2 Å². The number of methoxy groups -OCH3 is 5. The van der Waals surface area contributed by atoms with Crippen LogP contribution in [0.4, 0.5) is 4.79 Å². The predicted octanol–water partition coefficient (Wildman–Crippen LogP) is 3.50. The molecule has 0 aromatic heterocycles. The number of ether oxygens (including phenoxy) is 5. The highest BCUT2D eigenvalue weighted by atomic mass is 16.5. The van der Waals surface area contributed by atoms with Gasteiger partial charge in [0.1, 0.15) is 34.8 Å². The largest absolute Gasteiger partial charge is 0.497 e. The van der Waals surface area contributed by atoms with Crippen molar-refractivity contribution in [3.8, 4) is 23.0 Å². The van der Waals surface area contributed by atoms with Crippen molar-refractivity contribution in [2.75, 3.05) is 61.8 Å². The minimum Gasteiger partial charge on any atom is -0.497 e. The SMILES string of the molecule is COCCCN(C(=O)NCc1cc(OC)cc(OC)c1)C1(C=O)CCN(Cc2cc(OC)cc(OC)c2)CC1. The Morgan fingerprint density at radius 2 is 1.38 bits per heavy atom. The number of amides is 2. The summed E-state index contributed by atoms with van der Waals surface area (Å²) in [7, 11) is 8.05. The van der Waals surface area contributed by atoms with Crippen LogP contribution in [0.5, 0.6) is 23.0 Å². The van der Waals surface area contributed by atoms with Crippen LogP contribution in [0.15, 0.2) is 36.4 Å². The van der Waals surface area contributed by atoms with Crippen LogP contribution in [-0.4, -0.2) is 89.4 Å². The molecule has 0 aliphatic carbocycles. The van der Waals surface area contributed by atoms with E-state index < -0.39 is 5.54 Å². The van der Waals surface area contributed by atoms with E-state index in [-0.39, 0.29) is 12.6 Å². The number of aldehydes is 1. The molecule has 0 radical (unpaired) electrons. The van der Waals surface area contributed by atoms with Gasteiger partial charge in [-0.2, -0.15) is 0 Å². The molecular weight excluding hydrogens is 502 g/mol. The molecule has 2 aromatic carbocycles. The molecule has 1 fully saturated rings. The van der Waals surface area contributed by atoms with Crippen molar-refractivity contribution in [1.29, 1.82) is 0 Å². The number of urea groups is 1. The van der Waals surface area contributed by atoms with E-state index in [0.717, 1.165) is 28.9 Å². The average molecular weight is 544 g/mol. The molecule has 1 heterocycles. The zero-order valence-corrected chi connectivity index (χ0v) is 23.7. The minimum absolute atomic E-state index is 0.270. The van der Waals surface area contributed by atoms with Gasteiger partial charge in [-0.3, -0.25) is 4.90 Å². The van der Waals surface area contributed by atoms with Gasteiger partial charge < -0.3 is 38.7 Å². The first kappa shape index (κ1) is 30.0. The van der Waals surface area contributed by atoms with Crippen LogP contribution in [0.3, 0.4) is 0 Å². The summed E-state index contributed by atoms with van der Waals surface area (Å²) < 4.78 is 26.7. The average Bonchev–Trinajstić information content (AvgIpc) is 2.98. The third-order valence-electron chi connectivity index (χ3n) is 7.13. The van der Waals surface area contributed by atoms with Crippen LogP contribution >= 0.6 is 0 Å². The molecular formula is C29H41N3O7. The highest BCUT2D eigenvalue weighted by Crippen LogP contribution is 2.30. The van der Waals surface area contributed by atoms with E-state index in [4.69, 9.17) is 23.7 Å². The molecule has 1 saturated heterocycles. The Hall–Kier alpha value is -3.50. The van der Waals surface area contributed by atoms with Crippen LogP contribution < -0.4 is 24.3 Å². The molecule has 39 heavy (non-hydrogen) atoms. The Bertz CT molecular complexity index is 1040. The number of hydrogen-bond donors (Lipinski definition) is 1. The number of likely N-dealkylation sites (tertiary alicyclic amines) is 1. The summed E-state index contributed by atoms with van der Waals surface area (Å²) in [4.78, 5) is 30.1. The fourth-order valence-electron chi connectivity index (χ4n) is 4.90. The van der Waals surface area contributed by atoms with Gasteiger partial charge in [-0.05, 0) is 54.7 Å². The number of nitrogens with zero attached hydrogens (tertiary/aromatic N) is 2. The first-order chi connectivity index (χ1) is 18.9. The van der Waals surface area contributed by atoms with Gasteiger partial charge in [-0.1, -0.05) is 0 Å². The van der Waals surface area contributed by atoms with Gasteiger partial charge in [-0.25, -0.2) is 4.79 Å². The summed E-state index contributed by atoms with van der Waals surface area (Å²) in [5.74, 6) is 2.75. The van der Waals surface area contributed by atoms with Gasteiger partial charge in [-0.15, -0.1) is 0 Å². The van der Waals surface area contributed by atoms with E-state index in [1.54, 1.807) is 46.5 Å². The number of carbonyl (C=O) groups excluding carboxylic acids is 2. The first-order valence-corrected chi connectivity index (χ1v) is 13.1. The van der Waals surface area contributed by atoms with Gasteiger partial charge in [0, 0.05) is 58.6 Å². The van der Waals surface area contributed by atoms with Gasteiger partial charge in [0.15, 0.2) is 0 Å². The summed E-state index contributed by atoms with van der Waals surface area (Å²) >= 11 is 0. The predicted molar refractivity (Wildman–Crippen MR) is 148 cm³/mol. The van der Waals surface area contributed by atoms with Gasteiger partial charge in [0.25, 0.3) is 0 Å². The van der Waals surface area contributed by atoms with Crippen molar-refractivity contribution in [2.45, 2.75) is 37.9 Å². The Morgan fingerprint density at radius 1 is 0.872 bits per heavy atom. The lowest BCUT2D eigenvalue weighted by atomic mass is 9.86. The molecule has 10 heteroatoms. The van der Waals surface area contributed by atoms with Crippen molar-refractivity contribution in [3.05, 3.63) is 47.5 Å². The smallest absolute Gasteiger partial charge is 0.318 e. The number of carbonyl (C=O) groups is 2. The maximum absolute atomic E-state index is 13.5. The minimum atomic E-state index is -0.896. The normalized spacial score (nSPS) is 14.8. The second-order valence-corrected chi connectivity index (χ2v) is 9.60. The highest BCUT2D eigenvalue weighted by molar-refractivity contribution is 5.80. The molecule has 0 unspecified atom stereocenters. The van der Waals surface area contributed by atoms with E-state index in [1.807, 2.05) is 30.3 Å². The number of hydrogen-bond acceptors (Lipinski definition) is 8. The number of piperidine rings is 1. The van der Waals surface area contributed by atoms with Gasteiger partial charge in [0.2, 0.25) is 0 Å². The molecule has 0 spiro atoms. The molecule has 1 N–H and O–H groups in total. The molecule has 214 valence electrons. The quantitative estimate of drug-likeness (QED) is 0.286. The second-order valence-electron chi connectivity index (χ2n) is 9.60. The first-order valence-electron chi connectivity index (χ1n) is 13.1. The van der Waals surface area contributed by atoms with Crippen LogP contribution in [0.2, 0.25) is 0 Å². The third kappa shape index (κ3) is 8.00. The lowest BCUT2D eigenvalue weighted by Crippen LogP contribution is -2.60. The maximum atomic E-state index is 13.5.